The first-order valence-electron chi connectivity index (χ1n) is 6.62. The molecule has 0 unspecified atom stereocenters. The maximum absolute atomic E-state index is 11.4. The second-order valence-electron chi connectivity index (χ2n) is 4.73. The second-order valence-corrected chi connectivity index (χ2v) is 4.73. The van der Waals surface area contributed by atoms with E-state index in [0.717, 1.165) is 6.54 Å². The van der Waals surface area contributed by atoms with Crippen molar-refractivity contribution < 1.29 is 0 Å². The quantitative estimate of drug-likeness (QED) is 0.806. The van der Waals surface area contributed by atoms with Crippen LogP contribution in [0.15, 0.2) is 23.1 Å². The van der Waals surface area contributed by atoms with E-state index < -0.39 is 0 Å². The molecular formula is C13H21N3O. The lowest BCUT2D eigenvalue weighted by Crippen LogP contribution is -2.34. The Labute approximate surface area is 102 Å². The lowest BCUT2D eigenvalue weighted by atomic mass is 10.1. The Balaban J connectivity index is 1.75. The van der Waals surface area contributed by atoms with E-state index in [0.29, 0.717) is 12.6 Å². The van der Waals surface area contributed by atoms with E-state index >= 15 is 0 Å². The van der Waals surface area contributed by atoms with Crippen molar-refractivity contribution in [3.05, 3.63) is 28.7 Å². The highest BCUT2D eigenvalue weighted by Gasteiger charge is 2.10. The Bertz CT molecular complexity index is 380. The van der Waals surface area contributed by atoms with Crippen LogP contribution in [0, 0.1) is 0 Å². The largest absolute Gasteiger partial charge is 0.312 e. The topological polar surface area (TPSA) is 46.9 Å². The van der Waals surface area contributed by atoms with Gasteiger partial charge in [0.05, 0.1) is 6.54 Å². The van der Waals surface area contributed by atoms with Crippen LogP contribution < -0.4 is 10.9 Å². The molecule has 0 aromatic carbocycles. The zero-order chi connectivity index (χ0) is 11.9. The Hall–Kier alpha value is -1.16. The van der Waals surface area contributed by atoms with E-state index in [1.54, 1.807) is 18.3 Å². The molecule has 4 nitrogen and oxygen atoms in total. The summed E-state index contributed by atoms with van der Waals surface area (Å²) in [5.74, 6) is 0. The summed E-state index contributed by atoms with van der Waals surface area (Å²) >= 11 is 0. The monoisotopic (exact) mass is 235 g/mol. The van der Waals surface area contributed by atoms with Gasteiger partial charge in [0.1, 0.15) is 0 Å². The molecule has 0 spiro atoms. The molecule has 0 atom stereocenters. The SMILES string of the molecule is O=c1cccnn1CCNC1CCCCCC1. The maximum atomic E-state index is 11.4. The van der Waals surface area contributed by atoms with E-state index in [1.165, 1.54) is 43.2 Å². The van der Waals surface area contributed by atoms with Crippen LogP contribution in [0.2, 0.25) is 0 Å². The predicted molar refractivity (Wildman–Crippen MR) is 68.0 cm³/mol. The molecule has 1 N–H and O–H groups in total. The van der Waals surface area contributed by atoms with Crippen molar-refractivity contribution >= 4 is 0 Å². The van der Waals surface area contributed by atoms with Crippen LogP contribution in [0.3, 0.4) is 0 Å². The Morgan fingerprint density at radius 1 is 1.29 bits per heavy atom. The standard InChI is InChI=1S/C13H21N3O/c17-13-8-5-9-15-16(13)11-10-14-12-6-3-1-2-4-7-12/h5,8-9,12,14H,1-4,6-7,10-11H2. The molecule has 1 aliphatic carbocycles. The zero-order valence-corrected chi connectivity index (χ0v) is 10.3. The summed E-state index contributed by atoms with van der Waals surface area (Å²) in [7, 11) is 0. The summed E-state index contributed by atoms with van der Waals surface area (Å²) in [6, 6.07) is 3.87. The molecular weight excluding hydrogens is 214 g/mol. The average Bonchev–Trinajstić information content (AvgIpc) is 2.60. The third kappa shape index (κ3) is 3.97. The van der Waals surface area contributed by atoms with Gasteiger partial charge in [-0.3, -0.25) is 4.79 Å². The van der Waals surface area contributed by atoms with Gasteiger partial charge >= 0.3 is 0 Å². The van der Waals surface area contributed by atoms with Gasteiger partial charge in [0.2, 0.25) is 0 Å². The summed E-state index contributed by atoms with van der Waals surface area (Å²) in [6.45, 7) is 1.50. The number of hydrogen-bond acceptors (Lipinski definition) is 3. The van der Waals surface area contributed by atoms with Crippen LogP contribution in [-0.4, -0.2) is 22.4 Å². The molecule has 17 heavy (non-hydrogen) atoms. The predicted octanol–water partition coefficient (Wildman–Crippen LogP) is 1.56. The van der Waals surface area contributed by atoms with Crippen molar-refractivity contribution in [2.24, 2.45) is 0 Å². The molecule has 1 fully saturated rings. The first kappa shape index (κ1) is 12.3. The number of nitrogens with zero attached hydrogens (tertiary/aromatic N) is 2. The first-order chi connectivity index (χ1) is 8.36. The van der Waals surface area contributed by atoms with E-state index in [4.69, 9.17) is 0 Å². The molecule has 0 bridgehead atoms. The van der Waals surface area contributed by atoms with Crippen LogP contribution in [0.25, 0.3) is 0 Å². The lowest BCUT2D eigenvalue weighted by molar-refractivity contribution is 0.431. The molecule has 2 rings (SSSR count). The van der Waals surface area contributed by atoms with Gasteiger partial charge in [-0.25, -0.2) is 4.68 Å². The van der Waals surface area contributed by atoms with E-state index in [1.807, 2.05) is 0 Å². The van der Waals surface area contributed by atoms with Crippen molar-refractivity contribution in [1.29, 1.82) is 0 Å². The van der Waals surface area contributed by atoms with Crippen LogP contribution in [0.4, 0.5) is 0 Å². The van der Waals surface area contributed by atoms with Gasteiger partial charge in [0.25, 0.3) is 5.56 Å². The first-order valence-corrected chi connectivity index (χ1v) is 6.62. The van der Waals surface area contributed by atoms with Gasteiger partial charge in [0, 0.05) is 24.8 Å². The molecule has 4 heteroatoms. The van der Waals surface area contributed by atoms with Gasteiger partial charge in [-0.15, -0.1) is 0 Å². The fourth-order valence-corrected chi connectivity index (χ4v) is 2.41. The lowest BCUT2D eigenvalue weighted by Gasteiger charge is -2.16. The molecule has 1 heterocycles. The highest BCUT2D eigenvalue weighted by molar-refractivity contribution is 4.84. The summed E-state index contributed by atoms with van der Waals surface area (Å²) in [5, 5.41) is 7.58. The maximum Gasteiger partial charge on any atom is 0.266 e. The van der Waals surface area contributed by atoms with Crippen LogP contribution >= 0.6 is 0 Å². The number of aromatic nitrogens is 2. The van der Waals surface area contributed by atoms with Gasteiger partial charge in [-0.2, -0.15) is 5.10 Å². The smallest absolute Gasteiger partial charge is 0.266 e. The Morgan fingerprint density at radius 3 is 2.76 bits per heavy atom. The zero-order valence-electron chi connectivity index (χ0n) is 10.3. The molecule has 0 aliphatic heterocycles. The molecule has 1 aromatic heterocycles. The van der Waals surface area contributed by atoms with Gasteiger partial charge in [0.15, 0.2) is 0 Å². The minimum Gasteiger partial charge on any atom is -0.312 e. The molecule has 0 saturated heterocycles. The minimum absolute atomic E-state index is 0.0184. The number of hydrogen-bond donors (Lipinski definition) is 1. The van der Waals surface area contributed by atoms with Gasteiger partial charge in [-0.1, -0.05) is 25.7 Å². The summed E-state index contributed by atoms with van der Waals surface area (Å²) in [6.07, 6.45) is 9.62. The van der Waals surface area contributed by atoms with E-state index in [2.05, 4.69) is 10.4 Å². The van der Waals surface area contributed by atoms with Gasteiger partial charge < -0.3 is 5.32 Å². The van der Waals surface area contributed by atoms with E-state index in [9.17, 15) is 4.79 Å². The number of nitrogens with one attached hydrogen (secondary N) is 1. The molecule has 1 aromatic rings. The fraction of sp³-hybridized carbons (Fsp3) is 0.692. The average molecular weight is 235 g/mol. The Morgan fingerprint density at radius 2 is 2.06 bits per heavy atom. The van der Waals surface area contributed by atoms with Crippen molar-refractivity contribution in [2.75, 3.05) is 6.54 Å². The third-order valence-corrected chi connectivity index (χ3v) is 3.40. The molecule has 0 amide bonds. The summed E-state index contributed by atoms with van der Waals surface area (Å²) in [4.78, 5) is 11.4. The van der Waals surface area contributed by atoms with E-state index in [-0.39, 0.29) is 5.56 Å². The highest BCUT2D eigenvalue weighted by Crippen LogP contribution is 2.16. The van der Waals surface area contributed by atoms with Crippen molar-refractivity contribution in [3.63, 3.8) is 0 Å². The highest BCUT2D eigenvalue weighted by atomic mass is 16.1. The van der Waals surface area contributed by atoms with Gasteiger partial charge in [-0.05, 0) is 18.9 Å². The van der Waals surface area contributed by atoms with Crippen molar-refractivity contribution in [1.82, 2.24) is 15.1 Å². The Kier molecular flexibility index (Phi) is 4.74. The van der Waals surface area contributed by atoms with Crippen molar-refractivity contribution in [2.45, 2.75) is 51.1 Å². The third-order valence-electron chi connectivity index (χ3n) is 3.40. The normalized spacial score (nSPS) is 17.9. The molecule has 1 saturated carbocycles. The summed E-state index contributed by atoms with van der Waals surface area (Å²) in [5.41, 5.74) is -0.0184. The van der Waals surface area contributed by atoms with Crippen LogP contribution in [0.1, 0.15) is 38.5 Å². The van der Waals surface area contributed by atoms with Crippen LogP contribution in [-0.2, 0) is 6.54 Å². The van der Waals surface area contributed by atoms with Crippen LogP contribution in [0.5, 0.6) is 0 Å². The molecule has 0 radical (unpaired) electrons. The molecule has 94 valence electrons. The summed E-state index contributed by atoms with van der Waals surface area (Å²) < 4.78 is 1.52. The molecule has 1 aliphatic rings. The minimum atomic E-state index is -0.0184. The second kappa shape index (κ2) is 6.55. The van der Waals surface area contributed by atoms with Crippen molar-refractivity contribution in [3.8, 4) is 0 Å². The number of rotatable bonds is 4. The fourth-order valence-electron chi connectivity index (χ4n) is 2.41.